The van der Waals surface area contributed by atoms with E-state index in [2.05, 4.69) is 52.9 Å². The molecule has 1 aromatic carbocycles. The number of rotatable bonds is 12. The van der Waals surface area contributed by atoms with Crippen molar-refractivity contribution in [3.63, 3.8) is 0 Å². The molecule has 1 aromatic rings. The molecular weight excluding hydrogens is 578 g/mol. The van der Waals surface area contributed by atoms with Gasteiger partial charge in [-0.05, 0) is 89.5 Å². The second-order valence-electron chi connectivity index (χ2n) is 11.7. The highest BCUT2D eigenvalue weighted by Gasteiger charge is 2.32. The number of methoxy groups -OCH3 is 1. The van der Waals surface area contributed by atoms with Crippen molar-refractivity contribution >= 4 is 28.5 Å². The Morgan fingerprint density at radius 2 is 1.82 bits per heavy atom. The molecule has 0 radical (unpaired) electrons. The van der Waals surface area contributed by atoms with Crippen molar-refractivity contribution in [1.82, 2.24) is 25.3 Å². The van der Waals surface area contributed by atoms with Gasteiger partial charge in [0.25, 0.3) is 5.91 Å². The molecule has 11 heteroatoms. The van der Waals surface area contributed by atoms with Crippen LogP contribution >= 0.6 is 11.6 Å². The third-order valence-corrected chi connectivity index (χ3v) is 8.92. The molecule has 1 saturated heterocycles. The SMILES string of the molecule is C=C(C)C(=O)Cc1cc(C)c(C)cc1OC.CCC(CNC1C(Cl)=NC(C(=O)NC)=C(N)N1C)N(CC)C1CCN(C)CC1. The highest BCUT2D eigenvalue weighted by Crippen LogP contribution is 2.24. The number of ether oxygens (including phenoxy) is 1. The number of nitrogens with two attached hydrogens (primary N) is 1. The molecule has 10 nitrogen and oxygen atoms in total. The third-order valence-electron chi connectivity index (χ3n) is 8.63. The van der Waals surface area contributed by atoms with Crippen LogP contribution in [0.15, 0.2) is 40.8 Å². The zero-order valence-electron chi connectivity index (χ0n) is 28.2. The average Bonchev–Trinajstić information content (AvgIpc) is 3.00. The van der Waals surface area contributed by atoms with Crippen LogP contribution in [0, 0.1) is 13.8 Å². The molecule has 2 aliphatic heterocycles. The number of likely N-dealkylation sites (tertiary alicyclic amines) is 1. The molecule has 44 heavy (non-hydrogen) atoms. The average molecular weight is 632 g/mol. The van der Waals surface area contributed by atoms with E-state index in [-0.39, 0.29) is 23.6 Å². The highest BCUT2D eigenvalue weighted by atomic mass is 35.5. The van der Waals surface area contributed by atoms with Crippen LogP contribution in [0.1, 0.15) is 56.7 Å². The lowest BCUT2D eigenvalue weighted by Crippen LogP contribution is -2.56. The number of aryl methyl sites for hydroxylation is 2. The first-order valence-corrected chi connectivity index (χ1v) is 15.9. The standard InChI is InChI=1S/C19H36ClN7O.C14H18O2/c1-6-13(27(7-2)14-8-10-25(4)11-9-14)12-23-18-16(20)24-15(19(28)22-3)17(21)26(18)5;1-9(2)13(15)8-12-6-10(3)11(4)7-14(12)16-5/h13-14,18,23H,6-12,21H2,1-5H3,(H,22,28);6-7H,1,8H2,2-5H3. The van der Waals surface area contributed by atoms with Gasteiger partial charge >= 0.3 is 0 Å². The Kier molecular flexibility index (Phi) is 14.9. The third kappa shape index (κ3) is 9.79. The zero-order chi connectivity index (χ0) is 33.1. The number of aliphatic imine (C=N–C) groups is 1. The van der Waals surface area contributed by atoms with Gasteiger partial charge in [0.2, 0.25) is 0 Å². The molecular formula is C33H54ClN7O3. The summed E-state index contributed by atoms with van der Waals surface area (Å²) in [5.41, 5.74) is 10.1. The minimum absolute atomic E-state index is 0.0570. The van der Waals surface area contributed by atoms with Crippen LogP contribution in [-0.4, -0.2) is 104 Å². The fourth-order valence-corrected chi connectivity index (χ4v) is 5.89. The molecule has 1 amide bonds. The van der Waals surface area contributed by atoms with E-state index in [0.717, 1.165) is 43.9 Å². The summed E-state index contributed by atoms with van der Waals surface area (Å²) in [6.45, 7) is 18.0. The molecule has 2 aliphatic rings. The molecule has 0 aliphatic carbocycles. The van der Waals surface area contributed by atoms with Crippen LogP contribution in [0.4, 0.5) is 0 Å². The molecule has 2 heterocycles. The van der Waals surface area contributed by atoms with Crippen molar-refractivity contribution in [2.75, 3.05) is 54.4 Å². The number of nitrogens with one attached hydrogen (secondary N) is 2. The number of likely N-dealkylation sites (N-methyl/N-ethyl adjacent to an activating group) is 2. The van der Waals surface area contributed by atoms with Gasteiger partial charge < -0.3 is 25.6 Å². The summed E-state index contributed by atoms with van der Waals surface area (Å²) in [6.07, 6.45) is 3.49. The van der Waals surface area contributed by atoms with Gasteiger partial charge in [0.05, 0.1) is 7.11 Å². The maximum atomic E-state index is 11.9. The fourth-order valence-electron chi connectivity index (χ4n) is 5.58. The van der Waals surface area contributed by atoms with E-state index in [1.54, 1.807) is 26.0 Å². The molecule has 0 spiro atoms. The minimum Gasteiger partial charge on any atom is -0.496 e. The molecule has 4 N–H and O–H groups in total. The highest BCUT2D eigenvalue weighted by molar-refractivity contribution is 6.67. The quantitative estimate of drug-likeness (QED) is 0.300. The molecule has 0 aromatic heterocycles. The predicted molar refractivity (Wildman–Crippen MR) is 181 cm³/mol. The van der Waals surface area contributed by atoms with Gasteiger partial charge in [-0.1, -0.05) is 38.1 Å². The molecule has 3 rings (SSSR count). The first-order chi connectivity index (χ1) is 20.8. The number of amides is 1. The Balaban J connectivity index is 0.000000358. The minimum atomic E-state index is -0.341. The van der Waals surface area contributed by atoms with Gasteiger partial charge in [-0.15, -0.1) is 0 Å². The van der Waals surface area contributed by atoms with Crippen molar-refractivity contribution in [3.05, 3.63) is 52.5 Å². The summed E-state index contributed by atoms with van der Waals surface area (Å²) < 4.78 is 5.28. The second kappa shape index (κ2) is 17.5. The first-order valence-electron chi connectivity index (χ1n) is 15.5. The van der Waals surface area contributed by atoms with Crippen LogP contribution in [0.2, 0.25) is 0 Å². The zero-order valence-corrected chi connectivity index (χ0v) is 29.0. The molecule has 0 saturated carbocycles. The van der Waals surface area contributed by atoms with E-state index >= 15 is 0 Å². The summed E-state index contributed by atoms with van der Waals surface area (Å²) in [6, 6.07) is 5.00. The smallest absolute Gasteiger partial charge is 0.273 e. The Morgan fingerprint density at radius 3 is 2.34 bits per heavy atom. The number of hydrogen-bond acceptors (Lipinski definition) is 9. The maximum absolute atomic E-state index is 11.9. The van der Waals surface area contributed by atoms with Crippen LogP contribution in [0.5, 0.6) is 5.75 Å². The van der Waals surface area contributed by atoms with Gasteiger partial charge in [-0.2, -0.15) is 0 Å². The number of benzene rings is 1. The van der Waals surface area contributed by atoms with Crippen molar-refractivity contribution in [2.45, 2.75) is 78.6 Å². The van der Waals surface area contributed by atoms with Crippen LogP contribution in [0.25, 0.3) is 0 Å². The fraction of sp³-hybridized carbons (Fsp3) is 0.606. The Labute approximate surface area is 269 Å². The number of nitrogens with zero attached hydrogens (tertiary/aromatic N) is 4. The first kappa shape index (κ1) is 37.3. The summed E-state index contributed by atoms with van der Waals surface area (Å²) in [5, 5.41) is 6.38. The number of hydrogen-bond donors (Lipinski definition) is 3. The summed E-state index contributed by atoms with van der Waals surface area (Å²) in [4.78, 5) is 34.6. The number of allylic oxidation sites excluding steroid dienone is 1. The number of carbonyl (C=O) groups excluding carboxylic acids is 2. The van der Waals surface area contributed by atoms with E-state index in [1.165, 1.54) is 24.0 Å². The van der Waals surface area contributed by atoms with Crippen molar-refractivity contribution in [1.29, 1.82) is 0 Å². The van der Waals surface area contributed by atoms with Crippen molar-refractivity contribution in [2.24, 2.45) is 10.7 Å². The Hall–Kier alpha value is -2.92. The topological polar surface area (TPSA) is 116 Å². The van der Waals surface area contributed by atoms with E-state index in [0.29, 0.717) is 35.1 Å². The largest absolute Gasteiger partial charge is 0.496 e. The number of Topliss-reactive ketones (excluding diaryl/α,β-unsaturated/α-hetero) is 1. The normalized spacial score (nSPS) is 18.4. The van der Waals surface area contributed by atoms with Crippen molar-refractivity contribution < 1.29 is 14.3 Å². The molecule has 2 atom stereocenters. The number of ketones is 1. The maximum Gasteiger partial charge on any atom is 0.273 e. The van der Waals surface area contributed by atoms with Gasteiger partial charge in [-0.25, -0.2) is 4.99 Å². The predicted octanol–water partition coefficient (Wildman–Crippen LogP) is 3.55. The van der Waals surface area contributed by atoms with E-state index in [1.807, 2.05) is 33.0 Å². The second-order valence-corrected chi connectivity index (χ2v) is 12.1. The Morgan fingerprint density at radius 1 is 1.20 bits per heavy atom. The van der Waals surface area contributed by atoms with Crippen LogP contribution in [0.3, 0.4) is 0 Å². The van der Waals surface area contributed by atoms with E-state index in [4.69, 9.17) is 22.1 Å². The molecule has 2 unspecified atom stereocenters. The van der Waals surface area contributed by atoms with Crippen molar-refractivity contribution in [3.8, 4) is 5.75 Å². The van der Waals surface area contributed by atoms with Gasteiger partial charge in [0.1, 0.15) is 22.9 Å². The molecule has 246 valence electrons. The van der Waals surface area contributed by atoms with Crippen LogP contribution in [-0.2, 0) is 16.0 Å². The van der Waals surface area contributed by atoms with Gasteiger partial charge in [0, 0.05) is 44.7 Å². The summed E-state index contributed by atoms with van der Waals surface area (Å²) in [7, 11) is 7.18. The Bertz CT molecular complexity index is 1220. The van der Waals surface area contributed by atoms with E-state index < -0.39 is 0 Å². The lowest BCUT2D eigenvalue weighted by Gasteiger charge is -2.42. The summed E-state index contributed by atoms with van der Waals surface area (Å²) >= 11 is 6.40. The number of halogens is 1. The monoisotopic (exact) mass is 631 g/mol. The molecule has 0 bridgehead atoms. The van der Waals surface area contributed by atoms with Gasteiger partial charge in [-0.3, -0.25) is 19.8 Å². The van der Waals surface area contributed by atoms with Gasteiger partial charge in [0.15, 0.2) is 11.5 Å². The lowest BCUT2D eigenvalue weighted by atomic mass is 9.99. The van der Waals surface area contributed by atoms with Crippen LogP contribution < -0.4 is 21.1 Å². The molecule has 1 fully saturated rings. The summed E-state index contributed by atoms with van der Waals surface area (Å²) in [5.74, 6) is 0.808. The van der Waals surface area contributed by atoms with E-state index in [9.17, 15) is 9.59 Å². The number of carbonyl (C=O) groups is 2. The number of piperidine rings is 1. The lowest BCUT2D eigenvalue weighted by molar-refractivity contribution is -0.117.